The van der Waals surface area contributed by atoms with E-state index in [0.717, 1.165) is 10.6 Å². The summed E-state index contributed by atoms with van der Waals surface area (Å²) in [4.78, 5) is 19.9. The molecular formula is C21H26FN3O4S. The molecule has 0 saturated heterocycles. The van der Waals surface area contributed by atoms with Crippen molar-refractivity contribution in [2.24, 2.45) is 5.92 Å². The molecular weight excluding hydrogens is 409 g/mol. The number of aromatic nitrogens is 2. The van der Waals surface area contributed by atoms with Crippen LogP contribution in [-0.4, -0.2) is 42.8 Å². The van der Waals surface area contributed by atoms with Gasteiger partial charge in [0.2, 0.25) is 16.0 Å². The lowest BCUT2D eigenvalue weighted by atomic mass is 9.96. The molecule has 1 aromatic carbocycles. The van der Waals surface area contributed by atoms with E-state index in [4.69, 9.17) is 5.11 Å². The normalized spacial score (nSPS) is 13.0. The molecule has 0 aliphatic heterocycles. The predicted octanol–water partition coefficient (Wildman–Crippen LogP) is 3.93. The van der Waals surface area contributed by atoms with E-state index in [9.17, 15) is 17.6 Å². The fourth-order valence-corrected chi connectivity index (χ4v) is 3.18. The van der Waals surface area contributed by atoms with Crippen LogP contribution in [0.15, 0.2) is 30.3 Å². The standard InChI is InChI=1S/C21H26FN3O4S/c1-13(2)19-17(11-6-14(3)12-18(26)27)20(15-7-9-16(22)10-8-15)24-21(23-19)25(4)30(5,28)29/h6-11,13-14H,12H2,1-5H3,(H,26,27)/b11-6+/t14-/m1/s1. The van der Waals surface area contributed by atoms with Crippen LogP contribution in [0.1, 0.15) is 44.4 Å². The Hall–Kier alpha value is -2.81. The number of hydrogen-bond donors (Lipinski definition) is 1. The molecule has 0 saturated carbocycles. The Morgan fingerprint density at radius 2 is 1.80 bits per heavy atom. The molecule has 2 aromatic rings. The Balaban J connectivity index is 2.74. The Morgan fingerprint density at radius 3 is 2.30 bits per heavy atom. The number of aliphatic carboxylic acids is 1. The van der Waals surface area contributed by atoms with Crippen molar-refractivity contribution in [1.29, 1.82) is 0 Å². The van der Waals surface area contributed by atoms with Gasteiger partial charge in [0.15, 0.2) is 0 Å². The average Bonchev–Trinajstić information content (AvgIpc) is 2.64. The molecule has 0 unspecified atom stereocenters. The zero-order valence-electron chi connectivity index (χ0n) is 17.6. The molecule has 30 heavy (non-hydrogen) atoms. The van der Waals surface area contributed by atoms with E-state index in [2.05, 4.69) is 9.97 Å². The molecule has 162 valence electrons. The first-order chi connectivity index (χ1) is 13.9. The van der Waals surface area contributed by atoms with E-state index in [1.807, 2.05) is 13.8 Å². The minimum atomic E-state index is -3.59. The average molecular weight is 436 g/mol. The zero-order chi connectivity index (χ0) is 22.6. The van der Waals surface area contributed by atoms with E-state index in [-0.39, 0.29) is 24.2 Å². The van der Waals surface area contributed by atoms with E-state index in [1.165, 1.54) is 19.2 Å². The third-order valence-electron chi connectivity index (χ3n) is 4.49. The molecule has 9 heteroatoms. The Labute approximate surface area is 176 Å². The van der Waals surface area contributed by atoms with Crippen LogP contribution in [0.5, 0.6) is 0 Å². The quantitative estimate of drug-likeness (QED) is 0.674. The van der Waals surface area contributed by atoms with Crippen molar-refractivity contribution in [3.63, 3.8) is 0 Å². The minimum Gasteiger partial charge on any atom is -0.481 e. The smallest absolute Gasteiger partial charge is 0.303 e. The van der Waals surface area contributed by atoms with Crippen LogP contribution in [0.25, 0.3) is 17.3 Å². The summed E-state index contributed by atoms with van der Waals surface area (Å²) in [6.07, 6.45) is 4.54. The second kappa shape index (κ2) is 9.34. The molecule has 0 aliphatic rings. The topological polar surface area (TPSA) is 100 Å². The van der Waals surface area contributed by atoms with Crippen molar-refractivity contribution in [2.75, 3.05) is 17.6 Å². The fraction of sp³-hybridized carbons (Fsp3) is 0.381. The van der Waals surface area contributed by atoms with Crippen LogP contribution in [0.3, 0.4) is 0 Å². The molecule has 0 fully saturated rings. The third-order valence-corrected chi connectivity index (χ3v) is 5.65. The van der Waals surface area contributed by atoms with Gasteiger partial charge in [0, 0.05) is 18.2 Å². The molecule has 7 nitrogen and oxygen atoms in total. The largest absolute Gasteiger partial charge is 0.481 e. The number of hydrogen-bond acceptors (Lipinski definition) is 5. The highest BCUT2D eigenvalue weighted by atomic mass is 32.2. The van der Waals surface area contributed by atoms with Crippen LogP contribution >= 0.6 is 0 Å². The van der Waals surface area contributed by atoms with Gasteiger partial charge in [-0.25, -0.2) is 27.1 Å². The molecule has 1 atom stereocenters. The van der Waals surface area contributed by atoms with Gasteiger partial charge in [-0.15, -0.1) is 0 Å². The number of nitrogens with zero attached hydrogens (tertiary/aromatic N) is 3. The fourth-order valence-electron chi connectivity index (χ4n) is 2.80. The van der Waals surface area contributed by atoms with Gasteiger partial charge in [0.25, 0.3) is 0 Å². The van der Waals surface area contributed by atoms with Crippen molar-refractivity contribution in [3.05, 3.63) is 47.4 Å². The third kappa shape index (κ3) is 5.85. The summed E-state index contributed by atoms with van der Waals surface area (Å²) in [5, 5.41) is 9.00. The molecule has 0 bridgehead atoms. The van der Waals surface area contributed by atoms with Crippen LogP contribution in [0, 0.1) is 11.7 Å². The number of carboxylic acids is 1. The van der Waals surface area contributed by atoms with Gasteiger partial charge in [0.1, 0.15) is 5.82 Å². The van der Waals surface area contributed by atoms with Gasteiger partial charge in [0.05, 0.1) is 24.1 Å². The summed E-state index contributed by atoms with van der Waals surface area (Å²) in [6, 6.07) is 5.72. The molecule has 1 heterocycles. The number of carboxylic acid groups (broad SMARTS) is 1. The first-order valence-electron chi connectivity index (χ1n) is 9.42. The van der Waals surface area contributed by atoms with E-state index >= 15 is 0 Å². The van der Waals surface area contributed by atoms with E-state index in [0.29, 0.717) is 22.5 Å². The summed E-state index contributed by atoms with van der Waals surface area (Å²) < 4.78 is 38.5. The molecule has 0 amide bonds. The van der Waals surface area contributed by atoms with Gasteiger partial charge >= 0.3 is 5.97 Å². The Kier molecular flexibility index (Phi) is 7.30. The molecule has 1 aromatic heterocycles. The van der Waals surface area contributed by atoms with Gasteiger partial charge in [-0.05, 0) is 36.1 Å². The minimum absolute atomic E-state index is 0.0104. The molecule has 0 radical (unpaired) electrons. The van der Waals surface area contributed by atoms with E-state index in [1.54, 1.807) is 31.2 Å². The summed E-state index contributed by atoms with van der Waals surface area (Å²) >= 11 is 0. The van der Waals surface area contributed by atoms with Crippen LogP contribution in [0.2, 0.25) is 0 Å². The lowest BCUT2D eigenvalue weighted by Gasteiger charge is -2.20. The summed E-state index contributed by atoms with van der Waals surface area (Å²) in [6.45, 7) is 5.61. The number of rotatable bonds is 8. The Bertz CT molecular complexity index is 1050. The number of carbonyl (C=O) groups is 1. The highest BCUT2D eigenvalue weighted by Crippen LogP contribution is 2.32. The number of halogens is 1. The summed E-state index contributed by atoms with van der Waals surface area (Å²) in [7, 11) is -2.22. The number of allylic oxidation sites excluding steroid dienone is 1. The molecule has 0 aliphatic carbocycles. The van der Waals surface area contributed by atoms with Crippen molar-refractivity contribution >= 4 is 28.0 Å². The highest BCUT2D eigenvalue weighted by Gasteiger charge is 2.22. The number of anilines is 1. The van der Waals surface area contributed by atoms with Crippen LogP contribution in [0.4, 0.5) is 10.3 Å². The first-order valence-corrected chi connectivity index (χ1v) is 11.3. The molecule has 2 rings (SSSR count). The first kappa shape index (κ1) is 23.5. The van der Waals surface area contributed by atoms with Crippen molar-refractivity contribution in [1.82, 2.24) is 9.97 Å². The van der Waals surface area contributed by atoms with Crippen LogP contribution < -0.4 is 4.31 Å². The lowest BCUT2D eigenvalue weighted by molar-refractivity contribution is -0.137. The second-order valence-corrected chi connectivity index (χ2v) is 9.51. The number of sulfonamides is 1. The molecule has 0 spiro atoms. The highest BCUT2D eigenvalue weighted by molar-refractivity contribution is 7.92. The summed E-state index contributed by atoms with van der Waals surface area (Å²) in [5.41, 5.74) is 2.28. The summed E-state index contributed by atoms with van der Waals surface area (Å²) in [5.74, 6) is -1.61. The maximum atomic E-state index is 13.5. The van der Waals surface area contributed by atoms with E-state index < -0.39 is 21.8 Å². The maximum absolute atomic E-state index is 13.5. The lowest BCUT2D eigenvalue weighted by Crippen LogP contribution is -2.27. The van der Waals surface area contributed by atoms with Gasteiger partial charge < -0.3 is 5.11 Å². The number of benzene rings is 1. The SMILES string of the molecule is CC(C)c1nc(N(C)S(C)(=O)=O)nc(-c2ccc(F)cc2)c1/C=C/[C@@H](C)CC(=O)O. The zero-order valence-corrected chi connectivity index (χ0v) is 18.4. The van der Waals surface area contributed by atoms with Crippen molar-refractivity contribution < 1.29 is 22.7 Å². The predicted molar refractivity (Wildman–Crippen MR) is 115 cm³/mol. The van der Waals surface area contributed by atoms with Crippen molar-refractivity contribution in [2.45, 2.75) is 33.1 Å². The van der Waals surface area contributed by atoms with Gasteiger partial charge in [-0.3, -0.25) is 4.79 Å². The van der Waals surface area contributed by atoms with Gasteiger partial charge in [-0.1, -0.05) is 32.9 Å². The second-order valence-electron chi connectivity index (χ2n) is 7.50. The van der Waals surface area contributed by atoms with Gasteiger partial charge in [-0.2, -0.15) is 0 Å². The molecule has 1 N–H and O–H groups in total. The van der Waals surface area contributed by atoms with Crippen molar-refractivity contribution in [3.8, 4) is 11.3 Å². The maximum Gasteiger partial charge on any atom is 0.303 e. The van der Waals surface area contributed by atoms with Crippen LogP contribution in [-0.2, 0) is 14.8 Å². The Morgan fingerprint density at radius 1 is 1.20 bits per heavy atom. The monoisotopic (exact) mass is 435 g/mol.